The molecule has 2 heteroatoms. The van der Waals surface area contributed by atoms with E-state index in [1.165, 1.54) is 212 Å². The van der Waals surface area contributed by atoms with Crippen LogP contribution in [0.25, 0.3) is 0 Å². The van der Waals surface area contributed by atoms with Crippen molar-refractivity contribution < 1.29 is 0 Å². The van der Waals surface area contributed by atoms with Gasteiger partial charge < -0.3 is 9.80 Å². The molecule has 0 aliphatic carbocycles. The van der Waals surface area contributed by atoms with E-state index in [4.69, 9.17) is 0 Å². The quantitative estimate of drug-likeness (QED) is 0.0719. The van der Waals surface area contributed by atoms with Crippen LogP contribution >= 0.6 is 0 Å². The van der Waals surface area contributed by atoms with Crippen molar-refractivity contribution in [1.82, 2.24) is 9.80 Å². The van der Waals surface area contributed by atoms with E-state index >= 15 is 0 Å². The van der Waals surface area contributed by atoms with E-state index in [1.54, 1.807) is 0 Å². The van der Waals surface area contributed by atoms with Crippen molar-refractivity contribution in [1.29, 1.82) is 0 Å². The van der Waals surface area contributed by atoms with E-state index in [-0.39, 0.29) is 0 Å². The van der Waals surface area contributed by atoms with Crippen LogP contribution in [0.2, 0.25) is 0 Å². The smallest absolute Gasteiger partial charge is 0.101 e. The summed E-state index contributed by atoms with van der Waals surface area (Å²) < 4.78 is 0. The van der Waals surface area contributed by atoms with E-state index in [0.717, 1.165) is 0 Å². The minimum atomic E-state index is 0.640. The average molecular weight is 575 g/mol. The van der Waals surface area contributed by atoms with Crippen LogP contribution in [0, 0.1) is 0 Å². The monoisotopic (exact) mass is 575 g/mol. The Labute approximate surface area is 260 Å². The standard InChI is InChI=1S/C39H78N2/c1-4-7-10-12-14-16-18-20-21-23-25-27-29-31-34-39-40(35-32-9-6-3)37-38-41(39)36-33-30-28-26-24-22-19-17-15-13-11-8-5-2/h37-39H,4-36H2,1-3H3. The number of hydrogen-bond acceptors (Lipinski definition) is 2. The SMILES string of the molecule is CCCCCCCCCCCCCCCCC1N(CCCCC)C=CN1CCCCCCCCCCCCCCC. The van der Waals surface area contributed by atoms with Gasteiger partial charge in [0.2, 0.25) is 0 Å². The first-order valence-electron chi connectivity index (χ1n) is 19.5. The molecule has 1 aliphatic rings. The van der Waals surface area contributed by atoms with Gasteiger partial charge in [-0.15, -0.1) is 0 Å². The lowest BCUT2D eigenvalue weighted by atomic mass is 10.0. The summed E-state index contributed by atoms with van der Waals surface area (Å²) >= 11 is 0. The summed E-state index contributed by atoms with van der Waals surface area (Å²) in [6.07, 6.45) is 50.0. The molecule has 0 N–H and O–H groups in total. The van der Waals surface area contributed by atoms with Gasteiger partial charge >= 0.3 is 0 Å². The fraction of sp³-hybridized carbons (Fsp3) is 0.949. The predicted octanol–water partition coefficient (Wildman–Crippen LogP) is 13.6. The normalized spacial score (nSPS) is 15.0. The molecule has 0 amide bonds. The first-order valence-corrected chi connectivity index (χ1v) is 19.5. The van der Waals surface area contributed by atoms with Crippen molar-refractivity contribution in [2.75, 3.05) is 13.1 Å². The molecule has 2 nitrogen and oxygen atoms in total. The Hall–Kier alpha value is -0.660. The van der Waals surface area contributed by atoms with E-state index in [1.807, 2.05) is 0 Å². The van der Waals surface area contributed by atoms with Crippen molar-refractivity contribution in [2.45, 2.75) is 226 Å². The molecule has 0 bridgehead atoms. The average Bonchev–Trinajstić information content (AvgIpc) is 3.36. The van der Waals surface area contributed by atoms with Crippen LogP contribution in [-0.4, -0.2) is 29.1 Å². The van der Waals surface area contributed by atoms with Crippen molar-refractivity contribution in [2.24, 2.45) is 0 Å². The Morgan fingerprint density at radius 2 is 0.561 bits per heavy atom. The van der Waals surface area contributed by atoms with Gasteiger partial charge in [0.15, 0.2) is 0 Å². The molecule has 41 heavy (non-hydrogen) atoms. The minimum absolute atomic E-state index is 0.640. The van der Waals surface area contributed by atoms with Gasteiger partial charge in [-0.1, -0.05) is 194 Å². The van der Waals surface area contributed by atoms with Crippen LogP contribution in [0.5, 0.6) is 0 Å². The molecule has 244 valence electrons. The summed E-state index contributed by atoms with van der Waals surface area (Å²) in [6, 6.07) is 0. The largest absolute Gasteiger partial charge is 0.356 e. The fourth-order valence-electron chi connectivity index (χ4n) is 6.72. The molecule has 0 aromatic heterocycles. The second kappa shape index (κ2) is 30.8. The van der Waals surface area contributed by atoms with Crippen molar-refractivity contribution in [3.63, 3.8) is 0 Å². The molecule has 1 heterocycles. The molecule has 1 rings (SSSR count). The van der Waals surface area contributed by atoms with Crippen molar-refractivity contribution >= 4 is 0 Å². The molecule has 0 radical (unpaired) electrons. The van der Waals surface area contributed by atoms with Gasteiger partial charge in [-0.05, 0) is 25.7 Å². The zero-order valence-electron chi connectivity index (χ0n) is 29.0. The zero-order valence-corrected chi connectivity index (χ0v) is 29.0. The maximum Gasteiger partial charge on any atom is 0.101 e. The van der Waals surface area contributed by atoms with Crippen LogP contribution in [0.1, 0.15) is 220 Å². The highest BCUT2D eigenvalue weighted by atomic mass is 15.4. The van der Waals surface area contributed by atoms with Crippen LogP contribution in [0.15, 0.2) is 12.4 Å². The van der Waals surface area contributed by atoms with Gasteiger partial charge in [-0.2, -0.15) is 0 Å². The van der Waals surface area contributed by atoms with Gasteiger partial charge in [0.05, 0.1) is 0 Å². The van der Waals surface area contributed by atoms with Crippen LogP contribution in [0.3, 0.4) is 0 Å². The summed E-state index contributed by atoms with van der Waals surface area (Å²) in [4.78, 5) is 5.38. The van der Waals surface area contributed by atoms with Crippen LogP contribution < -0.4 is 0 Å². The highest BCUT2D eigenvalue weighted by molar-refractivity contribution is 4.97. The van der Waals surface area contributed by atoms with Gasteiger partial charge in [0.25, 0.3) is 0 Å². The first kappa shape index (κ1) is 38.4. The molecule has 0 spiro atoms. The number of unbranched alkanes of at least 4 members (excludes halogenated alkanes) is 27. The van der Waals surface area contributed by atoms with Gasteiger partial charge in [0, 0.05) is 25.5 Å². The van der Waals surface area contributed by atoms with E-state index in [9.17, 15) is 0 Å². The minimum Gasteiger partial charge on any atom is -0.356 e. The maximum absolute atomic E-state index is 2.70. The Balaban J connectivity index is 2.08. The third kappa shape index (κ3) is 23.5. The third-order valence-corrected chi connectivity index (χ3v) is 9.57. The Kier molecular flexibility index (Phi) is 28.8. The molecule has 1 aliphatic heterocycles. The molecule has 0 saturated carbocycles. The second-order valence-corrected chi connectivity index (χ2v) is 13.6. The molecular weight excluding hydrogens is 496 g/mol. The highest BCUT2D eigenvalue weighted by Crippen LogP contribution is 2.24. The lowest BCUT2D eigenvalue weighted by Gasteiger charge is -2.33. The van der Waals surface area contributed by atoms with Crippen LogP contribution in [0.4, 0.5) is 0 Å². The summed E-state index contributed by atoms with van der Waals surface area (Å²) in [5, 5.41) is 0. The van der Waals surface area contributed by atoms with Gasteiger partial charge in [0.1, 0.15) is 6.17 Å². The van der Waals surface area contributed by atoms with E-state index < -0.39 is 0 Å². The number of hydrogen-bond donors (Lipinski definition) is 0. The molecule has 0 fully saturated rings. The second-order valence-electron chi connectivity index (χ2n) is 13.6. The molecular formula is C39H78N2. The summed E-state index contributed by atoms with van der Waals surface area (Å²) in [6.45, 7) is 9.47. The predicted molar refractivity (Wildman–Crippen MR) is 186 cm³/mol. The third-order valence-electron chi connectivity index (χ3n) is 9.57. The van der Waals surface area contributed by atoms with Gasteiger partial charge in [-0.3, -0.25) is 0 Å². The zero-order chi connectivity index (χ0) is 29.5. The van der Waals surface area contributed by atoms with Crippen molar-refractivity contribution in [3.05, 3.63) is 12.4 Å². The van der Waals surface area contributed by atoms with E-state index in [2.05, 4.69) is 43.0 Å². The Morgan fingerprint density at radius 1 is 0.317 bits per heavy atom. The first-order chi connectivity index (χ1) is 20.3. The maximum atomic E-state index is 2.70. The molecule has 1 atom stereocenters. The van der Waals surface area contributed by atoms with Crippen LogP contribution in [-0.2, 0) is 0 Å². The van der Waals surface area contributed by atoms with Crippen molar-refractivity contribution in [3.8, 4) is 0 Å². The summed E-state index contributed by atoms with van der Waals surface area (Å²) in [5.41, 5.74) is 0. The highest BCUT2D eigenvalue weighted by Gasteiger charge is 2.24. The summed E-state index contributed by atoms with van der Waals surface area (Å²) in [5.74, 6) is 0. The lowest BCUT2D eigenvalue weighted by molar-refractivity contribution is 0.135. The Morgan fingerprint density at radius 3 is 0.902 bits per heavy atom. The molecule has 1 unspecified atom stereocenters. The topological polar surface area (TPSA) is 6.48 Å². The Bertz CT molecular complexity index is 530. The number of nitrogens with zero attached hydrogens (tertiary/aromatic N) is 2. The molecule has 0 aromatic carbocycles. The summed E-state index contributed by atoms with van der Waals surface area (Å²) in [7, 11) is 0. The lowest BCUT2D eigenvalue weighted by Crippen LogP contribution is -2.39. The molecule has 0 aromatic rings. The number of rotatable bonds is 33. The molecule has 0 saturated heterocycles. The fourth-order valence-corrected chi connectivity index (χ4v) is 6.72. The van der Waals surface area contributed by atoms with E-state index in [0.29, 0.717) is 6.17 Å². The van der Waals surface area contributed by atoms with Gasteiger partial charge in [-0.25, -0.2) is 0 Å².